The summed E-state index contributed by atoms with van der Waals surface area (Å²) in [5.74, 6) is -0.417. The molecule has 1 amide bonds. The highest BCUT2D eigenvalue weighted by Gasteiger charge is 2.28. The summed E-state index contributed by atoms with van der Waals surface area (Å²) in [6, 6.07) is 12.0. The number of benzene rings is 2. The van der Waals surface area contributed by atoms with Gasteiger partial charge in [-0.1, -0.05) is 18.2 Å². The molecule has 8 nitrogen and oxygen atoms in total. The predicted octanol–water partition coefficient (Wildman–Crippen LogP) is 2.09. The monoisotopic (exact) mass is 465 g/mol. The zero-order valence-corrected chi connectivity index (χ0v) is 19.3. The first kappa shape index (κ1) is 23.4. The van der Waals surface area contributed by atoms with Gasteiger partial charge in [0.1, 0.15) is 0 Å². The zero-order chi connectivity index (χ0) is 22.8. The van der Waals surface area contributed by atoms with Crippen molar-refractivity contribution < 1.29 is 21.6 Å². The Hall–Kier alpha value is -2.27. The largest absolute Gasteiger partial charge is 0.348 e. The molecular weight excluding hydrogens is 438 g/mol. The first-order chi connectivity index (χ1) is 14.5. The Morgan fingerprint density at radius 3 is 2.26 bits per heavy atom. The molecule has 10 heteroatoms. The van der Waals surface area contributed by atoms with Crippen molar-refractivity contribution in [3.63, 3.8) is 0 Å². The topological polar surface area (TPSA) is 113 Å². The van der Waals surface area contributed by atoms with E-state index in [4.69, 9.17) is 0 Å². The van der Waals surface area contributed by atoms with E-state index in [1.807, 2.05) is 0 Å². The van der Waals surface area contributed by atoms with Crippen LogP contribution in [0.3, 0.4) is 0 Å². The van der Waals surface area contributed by atoms with Gasteiger partial charge >= 0.3 is 0 Å². The van der Waals surface area contributed by atoms with Gasteiger partial charge in [0.05, 0.1) is 9.79 Å². The minimum Gasteiger partial charge on any atom is -0.348 e. The number of rotatable bonds is 9. The molecule has 0 aliphatic heterocycles. The Morgan fingerprint density at radius 2 is 1.68 bits per heavy atom. The van der Waals surface area contributed by atoms with E-state index in [-0.39, 0.29) is 34.0 Å². The normalized spacial score (nSPS) is 14.7. The van der Waals surface area contributed by atoms with Crippen LogP contribution in [-0.4, -0.2) is 46.2 Å². The first-order valence-electron chi connectivity index (χ1n) is 9.98. The standard InChI is InChI=1S/C21H27N3O5S2/c1-15(2)24(3)31(28,29)19-11-7-16(8-12-19)14-22-21(25)17-5-4-6-20(13-17)30(26,27)23-18-9-10-18/h4-8,11-13,15,18,23H,9-10,14H2,1-3H3,(H,22,25). The summed E-state index contributed by atoms with van der Waals surface area (Å²) < 4.78 is 53.6. The molecule has 1 fully saturated rings. The van der Waals surface area contributed by atoms with Crippen LogP contribution >= 0.6 is 0 Å². The highest BCUT2D eigenvalue weighted by Crippen LogP contribution is 2.22. The van der Waals surface area contributed by atoms with E-state index in [2.05, 4.69) is 10.0 Å². The molecule has 1 saturated carbocycles. The highest BCUT2D eigenvalue weighted by atomic mass is 32.2. The van der Waals surface area contributed by atoms with Gasteiger partial charge in [-0.15, -0.1) is 0 Å². The molecule has 0 radical (unpaired) electrons. The van der Waals surface area contributed by atoms with Crippen LogP contribution in [0.2, 0.25) is 0 Å². The van der Waals surface area contributed by atoms with Crippen LogP contribution in [0.25, 0.3) is 0 Å². The number of hydrogen-bond donors (Lipinski definition) is 2. The smallest absolute Gasteiger partial charge is 0.251 e. The summed E-state index contributed by atoms with van der Waals surface area (Å²) >= 11 is 0. The van der Waals surface area contributed by atoms with Crippen LogP contribution in [0.15, 0.2) is 58.3 Å². The molecule has 2 N–H and O–H groups in total. The number of amides is 1. The Kier molecular flexibility index (Phi) is 6.85. The van der Waals surface area contributed by atoms with Gasteiger partial charge in [0, 0.05) is 31.2 Å². The van der Waals surface area contributed by atoms with Crippen LogP contribution in [-0.2, 0) is 26.6 Å². The van der Waals surface area contributed by atoms with Gasteiger partial charge in [-0.05, 0) is 62.6 Å². The maximum absolute atomic E-state index is 12.5. The zero-order valence-electron chi connectivity index (χ0n) is 17.7. The van der Waals surface area contributed by atoms with Crippen molar-refractivity contribution in [2.24, 2.45) is 0 Å². The first-order valence-corrected chi connectivity index (χ1v) is 12.9. The number of carbonyl (C=O) groups excluding carboxylic acids is 1. The van der Waals surface area contributed by atoms with Crippen molar-refractivity contribution in [2.75, 3.05) is 7.05 Å². The van der Waals surface area contributed by atoms with Crippen LogP contribution in [0.5, 0.6) is 0 Å². The Bertz CT molecular complexity index is 1160. The summed E-state index contributed by atoms with van der Waals surface area (Å²) in [6.07, 6.45) is 1.65. The molecule has 0 spiro atoms. The molecule has 0 bridgehead atoms. The molecule has 0 saturated heterocycles. The molecule has 3 rings (SSSR count). The van der Waals surface area contributed by atoms with Gasteiger partial charge in [-0.2, -0.15) is 4.31 Å². The third-order valence-electron chi connectivity index (χ3n) is 5.09. The van der Waals surface area contributed by atoms with Gasteiger partial charge in [0.15, 0.2) is 0 Å². The second-order valence-corrected chi connectivity index (χ2v) is 11.6. The maximum atomic E-state index is 12.5. The fraction of sp³-hybridized carbons (Fsp3) is 0.381. The minimum atomic E-state index is -3.64. The number of carbonyl (C=O) groups is 1. The van der Waals surface area contributed by atoms with Crippen molar-refractivity contribution in [3.05, 3.63) is 59.7 Å². The average Bonchev–Trinajstić information content (AvgIpc) is 3.55. The number of nitrogens with zero attached hydrogens (tertiary/aromatic N) is 1. The fourth-order valence-corrected chi connectivity index (χ4v) is 5.52. The Morgan fingerprint density at radius 1 is 1.03 bits per heavy atom. The van der Waals surface area contributed by atoms with E-state index in [0.717, 1.165) is 18.4 Å². The van der Waals surface area contributed by atoms with Gasteiger partial charge in [-0.25, -0.2) is 21.6 Å². The number of nitrogens with one attached hydrogen (secondary N) is 2. The third kappa shape index (κ3) is 5.70. The maximum Gasteiger partial charge on any atom is 0.251 e. The van der Waals surface area contributed by atoms with E-state index in [1.165, 1.54) is 41.7 Å². The average molecular weight is 466 g/mol. The van der Waals surface area contributed by atoms with E-state index in [9.17, 15) is 21.6 Å². The number of hydrogen-bond acceptors (Lipinski definition) is 5. The molecule has 0 aromatic heterocycles. The summed E-state index contributed by atoms with van der Waals surface area (Å²) in [4.78, 5) is 12.7. The molecule has 31 heavy (non-hydrogen) atoms. The van der Waals surface area contributed by atoms with Crippen molar-refractivity contribution in [2.45, 2.75) is 55.1 Å². The molecule has 2 aromatic rings. The lowest BCUT2D eigenvalue weighted by Crippen LogP contribution is -2.33. The van der Waals surface area contributed by atoms with Gasteiger partial charge < -0.3 is 5.32 Å². The van der Waals surface area contributed by atoms with Gasteiger partial charge in [0.25, 0.3) is 5.91 Å². The van der Waals surface area contributed by atoms with Crippen LogP contribution in [0.1, 0.15) is 42.6 Å². The van der Waals surface area contributed by atoms with Gasteiger partial charge in [-0.3, -0.25) is 4.79 Å². The van der Waals surface area contributed by atoms with E-state index < -0.39 is 26.0 Å². The van der Waals surface area contributed by atoms with E-state index >= 15 is 0 Å². The summed E-state index contributed by atoms with van der Waals surface area (Å²) in [7, 11) is -5.68. The lowest BCUT2D eigenvalue weighted by atomic mass is 10.2. The second kappa shape index (κ2) is 9.07. The SMILES string of the molecule is CC(C)N(C)S(=O)(=O)c1ccc(CNC(=O)c2cccc(S(=O)(=O)NC3CC3)c2)cc1. The van der Waals surface area contributed by atoms with E-state index in [1.54, 1.807) is 32.0 Å². The highest BCUT2D eigenvalue weighted by molar-refractivity contribution is 7.89. The summed E-state index contributed by atoms with van der Waals surface area (Å²) in [6.45, 7) is 3.77. The van der Waals surface area contributed by atoms with E-state index in [0.29, 0.717) is 0 Å². The second-order valence-electron chi connectivity index (χ2n) is 7.87. The molecular formula is C21H27N3O5S2. The molecule has 0 unspecified atom stereocenters. The van der Waals surface area contributed by atoms with Crippen molar-refractivity contribution in [1.82, 2.24) is 14.3 Å². The lowest BCUT2D eigenvalue weighted by molar-refractivity contribution is 0.0950. The van der Waals surface area contributed by atoms with Crippen molar-refractivity contribution in [1.29, 1.82) is 0 Å². The molecule has 0 atom stereocenters. The Balaban J connectivity index is 1.65. The fourth-order valence-electron chi connectivity index (χ4n) is 2.80. The van der Waals surface area contributed by atoms with Crippen LogP contribution < -0.4 is 10.0 Å². The van der Waals surface area contributed by atoms with Crippen LogP contribution in [0, 0.1) is 0 Å². The molecule has 1 aliphatic rings. The minimum absolute atomic E-state index is 0.0189. The molecule has 2 aromatic carbocycles. The Labute approximate surface area is 183 Å². The number of sulfonamides is 2. The lowest BCUT2D eigenvalue weighted by Gasteiger charge is -2.21. The van der Waals surface area contributed by atoms with Crippen LogP contribution in [0.4, 0.5) is 0 Å². The molecule has 0 heterocycles. The summed E-state index contributed by atoms with van der Waals surface area (Å²) in [5.41, 5.74) is 0.954. The quantitative estimate of drug-likeness (QED) is 0.589. The third-order valence-corrected chi connectivity index (χ3v) is 8.65. The molecule has 1 aliphatic carbocycles. The molecule has 168 valence electrons. The van der Waals surface area contributed by atoms with Crippen molar-refractivity contribution in [3.8, 4) is 0 Å². The predicted molar refractivity (Wildman–Crippen MR) is 117 cm³/mol. The van der Waals surface area contributed by atoms with Gasteiger partial charge in [0.2, 0.25) is 20.0 Å². The summed E-state index contributed by atoms with van der Waals surface area (Å²) in [5, 5.41) is 2.73. The van der Waals surface area contributed by atoms with Crippen molar-refractivity contribution >= 4 is 26.0 Å².